The normalized spacial score (nSPS) is 22.7. The number of rotatable bonds is 4. The fraction of sp³-hybridized carbons (Fsp3) is 0.333. The predicted molar refractivity (Wildman–Crippen MR) is 75.5 cm³/mol. The molecule has 1 N–H and O–H groups in total. The fourth-order valence-corrected chi connectivity index (χ4v) is 2.71. The monoisotopic (exact) mass is 305 g/mol. The average molecular weight is 306 g/mol. The molecule has 0 spiro atoms. The van der Waals surface area contributed by atoms with Crippen LogP contribution in [0.4, 0.5) is 0 Å². The van der Waals surface area contributed by atoms with Crippen molar-refractivity contribution in [3.05, 3.63) is 58.5 Å². The van der Waals surface area contributed by atoms with E-state index < -0.39 is 0 Å². The van der Waals surface area contributed by atoms with Gasteiger partial charge in [-0.2, -0.15) is 0 Å². The Labute approximate surface area is 116 Å². The second-order valence-electron chi connectivity index (χ2n) is 4.88. The van der Waals surface area contributed by atoms with E-state index in [-0.39, 0.29) is 0 Å². The Hall–Kier alpha value is -1.06. The Morgan fingerprint density at radius 2 is 1.94 bits per heavy atom. The molecule has 1 heterocycles. The molecule has 0 bridgehead atoms. The van der Waals surface area contributed by atoms with Crippen LogP contribution in [0.25, 0.3) is 0 Å². The zero-order chi connectivity index (χ0) is 12.4. The van der Waals surface area contributed by atoms with Crippen molar-refractivity contribution < 1.29 is 4.42 Å². The molecule has 2 aromatic rings. The molecule has 1 aromatic carbocycles. The molecule has 0 aliphatic heterocycles. The van der Waals surface area contributed by atoms with Gasteiger partial charge in [0.25, 0.3) is 0 Å². The van der Waals surface area contributed by atoms with Crippen molar-refractivity contribution in [2.24, 2.45) is 0 Å². The molecule has 18 heavy (non-hydrogen) atoms. The van der Waals surface area contributed by atoms with Crippen molar-refractivity contribution in [2.45, 2.75) is 31.3 Å². The van der Waals surface area contributed by atoms with Gasteiger partial charge >= 0.3 is 0 Å². The third-order valence-electron chi connectivity index (χ3n) is 3.62. The molecule has 1 aliphatic rings. The van der Waals surface area contributed by atoms with Crippen molar-refractivity contribution >= 4 is 15.9 Å². The van der Waals surface area contributed by atoms with E-state index in [4.69, 9.17) is 4.42 Å². The van der Waals surface area contributed by atoms with Gasteiger partial charge in [0.05, 0.1) is 12.8 Å². The van der Waals surface area contributed by atoms with Crippen molar-refractivity contribution in [3.63, 3.8) is 0 Å². The molecule has 1 aliphatic carbocycles. The summed E-state index contributed by atoms with van der Waals surface area (Å²) in [6.45, 7) is 0.838. The minimum Gasteiger partial charge on any atom is -0.468 e. The maximum absolute atomic E-state index is 5.31. The molecule has 1 fully saturated rings. The molecule has 0 unspecified atom stereocenters. The number of furan rings is 1. The van der Waals surface area contributed by atoms with Crippen LogP contribution in [0.2, 0.25) is 0 Å². The third-order valence-corrected chi connectivity index (χ3v) is 4.15. The second-order valence-corrected chi connectivity index (χ2v) is 5.79. The summed E-state index contributed by atoms with van der Waals surface area (Å²) in [5.74, 6) is 1.73. The van der Waals surface area contributed by atoms with Gasteiger partial charge in [-0.3, -0.25) is 0 Å². The Morgan fingerprint density at radius 1 is 1.17 bits per heavy atom. The van der Waals surface area contributed by atoms with Crippen LogP contribution in [0.3, 0.4) is 0 Å². The van der Waals surface area contributed by atoms with E-state index >= 15 is 0 Å². The molecule has 3 heteroatoms. The second kappa shape index (κ2) is 5.29. The van der Waals surface area contributed by atoms with Crippen molar-refractivity contribution in [2.75, 3.05) is 0 Å². The highest BCUT2D eigenvalue weighted by atomic mass is 79.9. The molecule has 1 aromatic heterocycles. The number of nitrogens with one attached hydrogen (secondary N) is 1. The Morgan fingerprint density at radius 3 is 2.61 bits per heavy atom. The van der Waals surface area contributed by atoms with Crippen LogP contribution in [0, 0.1) is 0 Å². The zero-order valence-corrected chi connectivity index (χ0v) is 11.7. The quantitative estimate of drug-likeness (QED) is 0.921. The Balaban J connectivity index is 1.47. The first-order valence-corrected chi connectivity index (χ1v) is 7.12. The van der Waals surface area contributed by atoms with Gasteiger partial charge in [-0.25, -0.2) is 0 Å². The highest BCUT2D eigenvalue weighted by Crippen LogP contribution is 2.37. The predicted octanol–water partition coefficient (Wildman–Crippen LogP) is 4.08. The van der Waals surface area contributed by atoms with Gasteiger partial charge < -0.3 is 9.73 Å². The summed E-state index contributed by atoms with van der Waals surface area (Å²) >= 11 is 3.47. The third kappa shape index (κ3) is 2.68. The summed E-state index contributed by atoms with van der Waals surface area (Å²) in [6, 6.07) is 13.3. The number of benzene rings is 1. The van der Waals surface area contributed by atoms with Gasteiger partial charge in [-0.1, -0.05) is 28.1 Å². The molecule has 0 atom stereocenters. The minimum atomic E-state index is 0.628. The molecule has 1 saturated carbocycles. The number of hydrogen-bond acceptors (Lipinski definition) is 2. The maximum atomic E-state index is 5.31. The maximum Gasteiger partial charge on any atom is 0.117 e. The highest BCUT2D eigenvalue weighted by Gasteiger charge is 2.29. The van der Waals surface area contributed by atoms with Crippen molar-refractivity contribution in [1.29, 1.82) is 0 Å². The largest absolute Gasteiger partial charge is 0.468 e. The van der Waals surface area contributed by atoms with E-state index in [1.54, 1.807) is 6.26 Å². The van der Waals surface area contributed by atoms with E-state index in [0.717, 1.165) is 16.8 Å². The van der Waals surface area contributed by atoms with E-state index in [2.05, 4.69) is 45.5 Å². The molecule has 3 rings (SSSR count). The SMILES string of the molecule is Brc1ccc(C2CC(NCc3ccco3)C2)cc1. The van der Waals surface area contributed by atoms with Crippen LogP contribution in [0.5, 0.6) is 0 Å². The summed E-state index contributed by atoms with van der Waals surface area (Å²) < 4.78 is 6.46. The molecular formula is C15H16BrNO. The summed E-state index contributed by atoms with van der Waals surface area (Å²) in [4.78, 5) is 0. The summed E-state index contributed by atoms with van der Waals surface area (Å²) in [7, 11) is 0. The average Bonchev–Trinajstić information content (AvgIpc) is 2.82. The molecule has 2 nitrogen and oxygen atoms in total. The van der Waals surface area contributed by atoms with Crippen LogP contribution in [0.1, 0.15) is 30.1 Å². The van der Waals surface area contributed by atoms with E-state index in [9.17, 15) is 0 Å². The standard InChI is InChI=1S/C15H16BrNO/c16-13-5-3-11(4-6-13)12-8-14(9-12)17-10-15-2-1-7-18-15/h1-7,12,14,17H,8-10H2. The number of halogens is 1. The van der Waals surface area contributed by atoms with Crippen molar-refractivity contribution in [3.8, 4) is 0 Å². The van der Waals surface area contributed by atoms with E-state index in [1.807, 2.05) is 12.1 Å². The topological polar surface area (TPSA) is 25.2 Å². The van der Waals surface area contributed by atoms with Gasteiger partial charge in [-0.15, -0.1) is 0 Å². The van der Waals surface area contributed by atoms with Crippen LogP contribution >= 0.6 is 15.9 Å². The van der Waals surface area contributed by atoms with Crippen LogP contribution < -0.4 is 5.32 Å². The fourth-order valence-electron chi connectivity index (χ4n) is 2.45. The van der Waals surface area contributed by atoms with Crippen LogP contribution in [-0.4, -0.2) is 6.04 Å². The lowest BCUT2D eigenvalue weighted by Gasteiger charge is -2.36. The molecular weight excluding hydrogens is 290 g/mol. The first kappa shape index (κ1) is 12.0. The molecule has 0 saturated heterocycles. The van der Waals surface area contributed by atoms with Crippen molar-refractivity contribution in [1.82, 2.24) is 5.32 Å². The Bertz CT molecular complexity index is 486. The zero-order valence-electron chi connectivity index (χ0n) is 10.1. The van der Waals surface area contributed by atoms with E-state index in [1.165, 1.54) is 18.4 Å². The molecule has 94 valence electrons. The van der Waals surface area contributed by atoms with Gasteiger partial charge in [-0.05, 0) is 48.6 Å². The lowest BCUT2D eigenvalue weighted by atomic mass is 9.76. The van der Waals surface area contributed by atoms with Gasteiger partial charge in [0, 0.05) is 10.5 Å². The van der Waals surface area contributed by atoms with Gasteiger partial charge in [0.1, 0.15) is 5.76 Å². The van der Waals surface area contributed by atoms with E-state index in [0.29, 0.717) is 12.0 Å². The molecule has 0 radical (unpaired) electrons. The number of hydrogen-bond donors (Lipinski definition) is 1. The summed E-state index contributed by atoms with van der Waals surface area (Å²) in [5, 5.41) is 3.53. The first-order chi connectivity index (χ1) is 8.81. The van der Waals surface area contributed by atoms with Crippen LogP contribution in [0.15, 0.2) is 51.6 Å². The molecule has 0 amide bonds. The first-order valence-electron chi connectivity index (χ1n) is 6.32. The Kier molecular flexibility index (Phi) is 3.52. The highest BCUT2D eigenvalue weighted by molar-refractivity contribution is 9.10. The van der Waals surface area contributed by atoms with Gasteiger partial charge in [0.15, 0.2) is 0 Å². The lowest BCUT2D eigenvalue weighted by molar-refractivity contribution is 0.281. The summed E-state index contributed by atoms with van der Waals surface area (Å²) in [5.41, 5.74) is 1.45. The lowest BCUT2D eigenvalue weighted by Crippen LogP contribution is -2.39. The van der Waals surface area contributed by atoms with Gasteiger partial charge in [0.2, 0.25) is 0 Å². The summed E-state index contributed by atoms with van der Waals surface area (Å²) in [6.07, 6.45) is 4.17. The van der Waals surface area contributed by atoms with Crippen LogP contribution in [-0.2, 0) is 6.54 Å². The minimum absolute atomic E-state index is 0.628. The smallest absolute Gasteiger partial charge is 0.117 e.